The van der Waals surface area contributed by atoms with Gasteiger partial charge in [-0.15, -0.1) is 0 Å². The summed E-state index contributed by atoms with van der Waals surface area (Å²) in [6, 6.07) is 0. The molecule has 0 heterocycles. The highest BCUT2D eigenvalue weighted by atomic mass is 35.6. The summed E-state index contributed by atoms with van der Waals surface area (Å²) in [5, 5.41) is 0. The van der Waals surface area contributed by atoms with Crippen LogP contribution in [0.1, 0.15) is 40.0 Å². The van der Waals surface area contributed by atoms with E-state index in [1.165, 1.54) is 38.9 Å². The summed E-state index contributed by atoms with van der Waals surface area (Å²) < 4.78 is 0. The molecule has 0 unspecified atom stereocenters. The third kappa shape index (κ3) is 18.6. The standard InChI is InChI=1S/C9H21N.BCl3/c1-4-7-10(8-5-2)9-6-3;2-1(3)4/h4-9H2,1-3H3;. The predicted octanol–water partition coefficient (Wildman–Crippen LogP) is 4.21. The lowest BCUT2D eigenvalue weighted by Crippen LogP contribution is -2.25. The monoisotopic (exact) mass is 259 g/mol. The van der Waals surface area contributed by atoms with Gasteiger partial charge in [-0.3, -0.25) is 0 Å². The molecule has 0 atom stereocenters. The number of hydrogen-bond acceptors (Lipinski definition) is 1. The van der Waals surface area contributed by atoms with Gasteiger partial charge in [0.25, 0.3) is 0 Å². The van der Waals surface area contributed by atoms with Gasteiger partial charge in [-0.05, 0) is 38.9 Å². The highest BCUT2D eigenvalue weighted by Crippen LogP contribution is 1.97. The number of hydrogen-bond donors (Lipinski definition) is 0. The smallest absolute Gasteiger partial charge is 0.303 e. The van der Waals surface area contributed by atoms with Crippen molar-refractivity contribution in [3.05, 3.63) is 0 Å². The molecule has 0 spiro atoms. The average molecular weight is 260 g/mol. The van der Waals surface area contributed by atoms with Crippen LogP contribution in [-0.4, -0.2) is 29.5 Å². The van der Waals surface area contributed by atoms with E-state index in [1.54, 1.807) is 0 Å². The van der Waals surface area contributed by atoms with E-state index in [0.717, 1.165) is 0 Å². The summed E-state index contributed by atoms with van der Waals surface area (Å²) in [4.78, 5) is 1.79. The van der Waals surface area contributed by atoms with Crippen LogP contribution in [0.4, 0.5) is 0 Å². The molecule has 0 aromatic heterocycles. The van der Waals surface area contributed by atoms with Gasteiger partial charge < -0.3 is 4.90 Å². The number of rotatable bonds is 6. The van der Waals surface area contributed by atoms with Gasteiger partial charge in [0.2, 0.25) is 0 Å². The molecule has 0 aromatic rings. The molecule has 86 valence electrons. The Balaban J connectivity index is 0. The van der Waals surface area contributed by atoms with Crippen LogP contribution in [0.3, 0.4) is 0 Å². The van der Waals surface area contributed by atoms with Gasteiger partial charge in [0, 0.05) is 0 Å². The molecule has 0 bridgehead atoms. The molecule has 0 radical (unpaired) electrons. The molecule has 0 aromatic carbocycles. The van der Waals surface area contributed by atoms with Crippen molar-refractivity contribution in [3.8, 4) is 0 Å². The van der Waals surface area contributed by atoms with Crippen LogP contribution in [0.15, 0.2) is 0 Å². The maximum atomic E-state index is 4.81. The summed E-state index contributed by atoms with van der Waals surface area (Å²) in [5.74, 6) is 0. The zero-order valence-electron chi connectivity index (χ0n) is 9.40. The Kier molecular flexibility index (Phi) is 17.2. The van der Waals surface area contributed by atoms with Gasteiger partial charge in [-0.25, -0.2) is 0 Å². The second kappa shape index (κ2) is 13.9. The van der Waals surface area contributed by atoms with Gasteiger partial charge in [0.15, 0.2) is 0 Å². The second-order valence-electron chi connectivity index (χ2n) is 3.09. The van der Waals surface area contributed by atoms with Crippen molar-refractivity contribution in [2.75, 3.05) is 19.6 Å². The molecular formula is C9H21BCl3N. The molecule has 0 saturated heterocycles. The fourth-order valence-electron chi connectivity index (χ4n) is 1.28. The van der Waals surface area contributed by atoms with Crippen LogP contribution in [0.5, 0.6) is 0 Å². The normalized spacial score (nSPS) is 9.64. The molecule has 0 rings (SSSR count). The largest absolute Gasteiger partial charge is 0.450 e. The van der Waals surface area contributed by atoms with Gasteiger partial charge >= 0.3 is 4.96 Å². The number of nitrogens with zero attached hydrogens (tertiary/aromatic N) is 1. The van der Waals surface area contributed by atoms with Crippen molar-refractivity contribution in [1.82, 2.24) is 4.90 Å². The van der Waals surface area contributed by atoms with Gasteiger partial charge in [0.1, 0.15) is 0 Å². The van der Waals surface area contributed by atoms with Gasteiger partial charge in [-0.1, -0.05) is 20.8 Å². The first-order valence-electron chi connectivity index (χ1n) is 5.22. The van der Waals surface area contributed by atoms with Crippen molar-refractivity contribution < 1.29 is 0 Å². The molecule has 0 N–H and O–H groups in total. The Morgan fingerprint density at radius 1 is 0.786 bits per heavy atom. The molecule has 14 heavy (non-hydrogen) atoms. The van der Waals surface area contributed by atoms with E-state index < -0.39 is 4.96 Å². The van der Waals surface area contributed by atoms with Crippen molar-refractivity contribution in [1.29, 1.82) is 0 Å². The molecule has 0 aliphatic heterocycles. The van der Waals surface area contributed by atoms with Crippen LogP contribution in [-0.2, 0) is 0 Å². The Morgan fingerprint density at radius 2 is 1.00 bits per heavy atom. The highest BCUT2D eigenvalue weighted by Gasteiger charge is 1.98. The van der Waals surface area contributed by atoms with Crippen LogP contribution < -0.4 is 0 Å². The van der Waals surface area contributed by atoms with E-state index in [1.807, 2.05) is 0 Å². The van der Waals surface area contributed by atoms with Crippen LogP contribution in [0.2, 0.25) is 0 Å². The lowest BCUT2D eigenvalue weighted by atomic mass is 10.3. The molecule has 0 saturated carbocycles. The lowest BCUT2D eigenvalue weighted by Gasteiger charge is -2.19. The van der Waals surface area contributed by atoms with E-state index in [9.17, 15) is 0 Å². The Bertz CT molecular complexity index is 87.0. The summed E-state index contributed by atoms with van der Waals surface area (Å²) in [7, 11) is 0. The SMILES string of the molecule is CCCN(CCC)CCC.ClB(Cl)Cl. The third-order valence-electron chi connectivity index (χ3n) is 1.62. The number of halogens is 3. The van der Waals surface area contributed by atoms with Crippen LogP contribution in [0, 0.1) is 0 Å². The van der Waals surface area contributed by atoms with Crippen LogP contribution >= 0.6 is 34.4 Å². The van der Waals surface area contributed by atoms with Gasteiger partial charge in [0.05, 0.1) is 0 Å². The maximum absolute atomic E-state index is 4.81. The Morgan fingerprint density at radius 3 is 1.14 bits per heavy atom. The van der Waals surface area contributed by atoms with E-state index in [-0.39, 0.29) is 0 Å². The van der Waals surface area contributed by atoms with E-state index in [4.69, 9.17) is 34.4 Å². The van der Waals surface area contributed by atoms with Crippen molar-refractivity contribution in [2.45, 2.75) is 40.0 Å². The average Bonchev–Trinajstić information content (AvgIpc) is 2.04. The van der Waals surface area contributed by atoms with E-state index in [0.29, 0.717) is 0 Å². The van der Waals surface area contributed by atoms with Crippen molar-refractivity contribution >= 4 is 39.3 Å². The summed E-state index contributed by atoms with van der Waals surface area (Å²) >= 11 is 14.4. The topological polar surface area (TPSA) is 3.24 Å². The Hall–Kier alpha value is 0.895. The van der Waals surface area contributed by atoms with Crippen molar-refractivity contribution in [3.63, 3.8) is 0 Å². The molecule has 0 aliphatic carbocycles. The molecule has 1 nitrogen and oxygen atoms in total. The first-order valence-corrected chi connectivity index (χ1v) is 6.53. The first-order chi connectivity index (χ1) is 6.58. The van der Waals surface area contributed by atoms with E-state index >= 15 is 0 Å². The Labute approximate surface area is 104 Å². The lowest BCUT2D eigenvalue weighted by molar-refractivity contribution is 0.275. The fourth-order valence-corrected chi connectivity index (χ4v) is 1.28. The molecule has 0 amide bonds. The van der Waals surface area contributed by atoms with Gasteiger partial charge in [-0.2, -0.15) is 34.4 Å². The molecule has 0 fully saturated rings. The van der Waals surface area contributed by atoms with E-state index in [2.05, 4.69) is 25.7 Å². The van der Waals surface area contributed by atoms with Crippen molar-refractivity contribution in [2.24, 2.45) is 0 Å². The minimum absolute atomic E-state index is 0.750. The highest BCUT2D eigenvalue weighted by molar-refractivity contribution is 7.54. The first kappa shape index (κ1) is 17.3. The second-order valence-corrected chi connectivity index (χ2v) is 5.07. The summed E-state index contributed by atoms with van der Waals surface area (Å²) in [6.07, 6.45) is 3.88. The molecule has 0 aliphatic rings. The predicted molar refractivity (Wildman–Crippen MR) is 70.6 cm³/mol. The fraction of sp³-hybridized carbons (Fsp3) is 1.00. The minimum atomic E-state index is -0.750. The zero-order chi connectivity index (χ0) is 11.4. The molecular weight excluding hydrogens is 239 g/mol. The maximum Gasteiger partial charge on any atom is 0.450 e. The van der Waals surface area contributed by atoms with Crippen LogP contribution in [0.25, 0.3) is 0 Å². The summed E-state index contributed by atoms with van der Waals surface area (Å²) in [5.41, 5.74) is 0. The molecule has 5 heteroatoms. The summed E-state index contributed by atoms with van der Waals surface area (Å²) in [6.45, 7) is 10.6. The minimum Gasteiger partial charge on any atom is -0.303 e. The third-order valence-corrected chi connectivity index (χ3v) is 1.62. The quantitative estimate of drug-likeness (QED) is 0.647. The zero-order valence-corrected chi connectivity index (χ0v) is 11.7.